The van der Waals surface area contributed by atoms with E-state index >= 15 is 0 Å². The first kappa shape index (κ1) is 18.9. The van der Waals surface area contributed by atoms with Gasteiger partial charge in [-0.05, 0) is 36.4 Å². The van der Waals surface area contributed by atoms with Crippen molar-refractivity contribution in [2.45, 2.75) is 0 Å². The van der Waals surface area contributed by atoms with Gasteiger partial charge in [-0.1, -0.05) is 11.6 Å². The lowest BCUT2D eigenvalue weighted by Crippen LogP contribution is -2.32. The van der Waals surface area contributed by atoms with E-state index in [4.69, 9.17) is 17.3 Å². The number of nitrogens with one attached hydrogen (secondary N) is 4. The molecule has 2 heterocycles. The van der Waals surface area contributed by atoms with Crippen LogP contribution in [-0.2, 0) is 0 Å². The topological polar surface area (TPSA) is 147 Å². The van der Waals surface area contributed by atoms with E-state index in [1.807, 2.05) is 0 Å². The highest BCUT2D eigenvalue weighted by Gasteiger charge is 2.11. The Bertz CT molecular complexity index is 982. The Morgan fingerprint density at radius 1 is 0.893 bits per heavy atom. The molecule has 0 saturated heterocycles. The molecule has 0 aliphatic heterocycles. The summed E-state index contributed by atoms with van der Waals surface area (Å²) in [6, 6.07) is 9.59. The van der Waals surface area contributed by atoms with Gasteiger partial charge < -0.3 is 5.73 Å². The monoisotopic (exact) mass is 398 g/mol. The van der Waals surface area contributed by atoms with Crippen molar-refractivity contribution in [2.24, 2.45) is 0 Å². The summed E-state index contributed by atoms with van der Waals surface area (Å²) in [6.07, 6.45) is 4.19. The lowest BCUT2D eigenvalue weighted by atomic mass is 10.2. The Morgan fingerprint density at radius 2 is 1.50 bits per heavy atom. The Kier molecular flexibility index (Phi) is 5.82. The van der Waals surface area contributed by atoms with Crippen molar-refractivity contribution >= 4 is 40.7 Å². The van der Waals surface area contributed by atoms with Crippen LogP contribution in [0.15, 0.2) is 55.1 Å². The van der Waals surface area contributed by atoms with Crippen LogP contribution in [0.4, 0.5) is 17.3 Å². The van der Waals surface area contributed by atoms with E-state index < -0.39 is 11.8 Å². The van der Waals surface area contributed by atoms with Crippen LogP contribution in [-0.4, -0.2) is 26.8 Å². The molecule has 10 nitrogen and oxygen atoms in total. The third kappa shape index (κ3) is 4.62. The second kappa shape index (κ2) is 8.64. The lowest BCUT2D eigenvalue weighted by Gasteiger charge is -2.13. The normalized spacial score (nSPS) is 10.0. The molecule has 2 amide bonds. The molecule has 0 radical (unpaired) electrons. The summed E-state index contributed by atoms with van der Waals surface area (Å²) in [4.78, 5) is 35.9. The first-order chi connectivity index (χ1) is 13.5. The highest BCUT2D eigenvalue weighted by Crippen LogP contribution is 2.21. The Hall–Kier alpha value is -3.92. The number of hydrogen-bond donors (Lipinski definition) is 5. The van der Waals surface area contributed by atoms with Crippen LogP contribution in [0.25, 0.3) is 0 Å². The highest BCUT2D eigenvalue weighted by atomic mass is 35.5. The van der Waals surface area contributed by atoms with Crippen LogP contribution < -0.4 is 27.4 Å². The maximum absolute atomic E-state index is 12.1. The van der Waals surface area contributed by atoms with Gasteiger partial charge >= 0.3 is 0 Å². The molecule has 3 aromatic rings. The molecule has 0 spiro atoms. The van der Waals surface area contributed by atoms with E-state index in [9.17, 15) is 9.59 Å². The van der Waals surface area contributed by atoms with E-state index in [1.165, 1.54) is 12.5 Å². The fraction of sp³-hybridized carbons (Fsp3) is 0. The number of anilines is 3. The van der Waals surface area contributed by atoms with Crippen LogP contribution in [0.3, 0.4) is 0 Å². The number of aromatic nitrogens is 3. The van der Waals surface area contributed by atoms with E-state index in [2.05, 4.69) is 36.7 Å². The van der Waals surface area contributed by atoms with Crippen molar-refractivity contribution in [3.8, 4) is 0 Å². The third-order valence-corrected chi connectivity index (χ3v) is 3.75. The van der Waals surface area contributed by atoms with Crippen LogP contribution >= 0.6 is 11.6 Å². The Labute approximate surface area is 164 Å². The SMILES string of the molecule is Nc1c(NNC(=O)c2ccc(Cl)cc2)ncnc1NNC(=O)c1cccnc1. The summed E-state index contributed by atoms with van der Waals surface area (Å²) in [5.74, 6) is -0.531. The van der Waals surface area contributed by atoms with Gasteiger partial charge in [-0.25, -0.2) is 9.97 Å². The van der Waals surface area contributed by atoms with Gasteiger partial charge in [-0.3, -0.25) is 36.3 Å². The van der Waals surface area contributed by atoms with E-state index in [0.717, 1.165) is 0 Å². The minimum Gasteiger partial charge on any atom is -0.393 e. The summed E-state index contributed by atoms with van der Waals surface area (Å²) in [7, 11) is 0. The molecule has 2 aromatic heterocycles. The number of rotatable bonds is 6. The Morgan fingerprint density at radius 3 is 2.07 bits per heavy atom. The largest absolute Gasteiger partial charge is 0.393 e. The van der Waals surface area contributed by atoms with Gasteiger partial charge in [-0.15, -0.1) is 0 Å². The van der Waals surface area contributed by atoms with E-state index in [0.29, 0.717) is 16.1 Å². The molecule has 28 heavy (non-hydrogen) atoms. The number of nitrogens with zero attached hydrogens (tertiary/aromatic N) is 3. The molecule has 3 rings (SSSR count). The average molecular weight is 399 g/mol. The van der Waals surface area contributed by atoms with Crippen molar-refractivity contribution in [1.82, 2.24) is 25.8 Å². The second-order valence-corrected chi connectivity index (χ2v) is 5.83. The number of carbonyl (C=O) groups excluding carboxylic acids is 2. The number of halogens is 1. The molecule has 1 aromatic carbocycles. The fourth-order valence-electron chi connectivity index (χ4n) is 2.07. The molecule has 0 atom stereocenters. The van der Waals surface area contributed by atoms with Gasteiger partial charge in [0.2, 0.25) is 0 Å². The van der Waals surface area contributed by atoms with Gasteiger partial charge in [0.05, 0.1) is 5.56 Å². The molecular formula is C17H15ClN8O2. The molecule has 0 fully saturated rings. The van der Waals surface area contributed by atoms with Gasteiger partial charge in [0, 0.05) is 23.0 Å². The molecule has 6 N–H and O–H groups in total. The molecular weight excluding hydrogens is 384 g/mol. The predicted octanol–water partition coefficient (Wildman–Crippen LogP) is 1.62. The molecule has 0 aliphatic rings. The number of carbonyl (C=O) groups is 2. The van der Waals surface area contributed by atoms with Crippen molar-refractivity contribution in [3.63, 3.8) is 0 Å². The average Bonchev–Trinajstić information content (AvgIpc) is 2.73. The number of nitrogen functional groups attached to an aromatic ring is 1. The first-order valence-corrected chi connectivity index (χ1v) is 8.31. The summed E-state index contributed by atoms with van der Waals surface area (Å²) in [5, 5.41) is 0.522. The predicted molar refractivity (Wildman–Crippen MR) is 104 cm³/mol. The number of amides is 2. The molecule has 0 bridgehead atoms. The zero-order valence-electron chi connectivity index (χ0n) is 14.3. The van der Waals surface area contributed by atoms with Gasteiger partial charge in [0.15, 0.2) is 11.6 Å². The van der Waals surface area contributed by atoms with Gasteiger partial charge in [0.25, 0.3) is 11.8 Å². The molecule has 142 valence electrons. The number of nitrogens with two attached hydrogens (primary N) is 1. The second-order valence-electron chi connectivity index (χ2n) is 5.39. The maximum Gasteiger partial charge on any atom is 0.271 e. The summed E-state index contributed by atoms with van der Waals surface area (Å²) in [5.41, 5.74) is 17.0. The minimum absolute atomic E-state index is 0.0883. The first-order valence-electron chi connectivity index (χ1n) is 7.93. The van der Waals surface area contributed by atoms with Crippen molar-refractivity contribution in [3.05, 3.63) is 71.3 Å². The molecule has 0 aliphatic carbocycles. The van der Waals surface area contributed by atoms with Gasteiger partial charge in [-0.2, -0.15) is 0 Å². The zero-order valence-corrected chi connectivity index (χ0v) is 15.1. The minimum atomic E-state index is -0.420. The van der Waals surface area contributed by atoms with E-state index in [1.54, 1.807) is 42.6 Å². The number of pyridine rings is 1. The Balaban J connectivity index is 1.61. The van der Waals surface area contributed by atoms with Crippen LogP contribution in [0, 0.1) is 0 Å². The summed E-state index contributed by atoms with van der Waals surface area (Å²) in [6.45, 7) is 0. The quantitative estimate of drug-likeness (QED) is 0.393. The van der Waals surface area contributed by atoms with Crippen molar-refractivity contribution in [2.75, 3.05) is 16.6 Å². The highest BCUT2D eigenvalue weighted by molar-refractivity contribution is 6.30. The van der Waals surface area contributed by atoms with Crippen molar-refractivity contribution in [1.29, 1.82) is 0 Å². The number of hydrogen-bond acceptors (Lipinski definition) is 8. The smallest absolute Gasteiger partial charge is 0.271 e. The van der Waals surface area contributed by atoms with Crippen LogP contribution in [0.5, 0.6) is 0 Å². The molecule has 0 unspecified atom stereocenters. The number of benzene rings is 1. The molecule has 11 heteroatoms. The van der Waals surface area contributed by atoms with E-state index in [-0.39, 0.29) is 17.3 Å². The maximum atomic E-state index is 12.1. The van der Waals surface area contributed by atoms with Gasteiger partial charge in [0.1, 0.15) is 12.0 Å². The summed E-state index contributed by atoms with van der Waals surface area (Å²) >= 11 is 5.80. The lowest BCUT2D eigenvalue weighted by molar-refractivity contribution is 0.0954. The fourth-order valence-corrected chi connectivity index (χ4v) is 2.20. The third-order valence-electron chi connectivity index (χ3n) is 3.50. The molecule has 0 saturated carbocycles. The summed E-state index contributed by atoms with van der Waals surface area (Å²) < 4.78 is 0. The zero-order chi connectivity index (χ0) is 19.9. The van der Waals surface area contributed by atoms with Crippen molar-refractivity contribution < 1.29 is 9.59 Å². The number of hydrazine groups is 2. The van der Waals surface area contributed by atoms with Crippen LogP contribution in [0.1, 0.15) is 20.7 Å². The van der Waals surface area contributed by atoms with Crippen LogP contribution in [0.2, 0.25) is 5.02 Å². The standard InChI is InChI=1S/C17H15ClN8O2/c18-12-5-3-10(4-6-12)16(27)25-23-14-13(19)15(22-9-21-14)24-26-17(28)11-2-1-7-20-8-11/h1-9H,19H2,(H,25,27)(H,26,28)(H2,21,22,23,24).